The largest absolute Gasteiger partial charge is 0.450 e. The van der Waals surface area contributed by atoms with E-state index in [4.69, 9.17) is 4.74 Å². The maximum atomic E-state index is 11.5. The van der Waals surface area contributed by atoms with Gasteiger partial charge in [0.2, 0.25) is 0 Å². The van der Waals surface area contributed by atoms with E-state index in [1.165, 1.54) is 11.8 Å². The Balaban J connectivity index is 2.08. The number of ether oxygens (including phenoxy) is 1. The Kier molecular flexibility index (Phi) is 4.88. The number of thioether (sulfide) groups is 1. The van der Waals surface area contributed by atoms with Crippen LogP contribution in [0.1, 0.15) is 13.3 Å². The molecule has 2 heterocycles. The Hall–Kier alpha value is -1.55. The average Bonchev–Trinajstić information content (AvgIpc) is 2.67. The van der Waals surface area contributed by atoms with Gasteiger partial charge in [-0.25, -0.2) is 18.2 Å². The van der Waals surface area contributed by atoms with Gasteiger partial charge >= 0.3 is 6.09 Å². The molecule has 0 unspecified atom stereocenters. The van der Waals surface area contributed by atoms with E-state index in [9.17, 15) is 18.0 Å². The third-order valence-corrected chi connectivity index (χ3v) is 5.83. The van der Waals surface area contributed by atoms with Crippen LogP contribution in [-0.2, 0) is 14.6 Å². The van der Waals surface area contributed by atoms with E-state index in [2.05, 4.69) is 15.3 Å². The molecule has 0 radical (unpaired) electrons. The Morgan fingerprint density at radius 1 is 1.62 bits per heavy atom. The number of nitrogens with one attached hydrogen (secondary N) is 2. The summed E-state index contributed by atoms with van der Waals surface area (Å²) in [4.78, 5) is 29.4. The number of carbonyl (C=O) groups excluding carboxylic acids is 1. The molecule has 0 aliphatic carbocycles. The number of hydrogen-bond acceptors (Lipinski definition) is 7. The number of H-pyrrole nitrogens is 1. The van der Waals surface area contributed by atoms with E-state index >= 15 is 0 Å². The van der Waals surface area contributed by atoms with Gasteiger partial charge in [-0.3, -0.25) is 10.1 Å². The van der Waals surface area contributed by atoms with Gasteiger partial charge in [0.25, 0.3) is 5.56 Å². The summed E-state index contributed by atoms with van der Waals surface area (Å²) in [7, 11) is -2.99. The molecular formula is C11H15N3O5S2. The molecule has 1 fully saturated rings. The van der Waals surface area contributed by atoms with Crippen LogP contribution < -0.4 is 10.9 Å². The number of hydrogen-bond donors (Lipinski definition) is 2. The highest BCUT2D eigenvalue weighted by atomic mass is 32.2. The molecule has 116 valence electrons. The molecular weight excluding hydrogens is 318 g/mol. The van der Waals surface area contributed by atoms with Gasteiger partial charge in [-0.2, -0.15) is 0 Å². The molecule has 0 spiro atoms. The molecule has 0 bridgehead atoms. The van der Waals surface area contributed by atoms with Gasteiger partial charge in [0.05, 0.1) is 18.1 Å². The summed E-state index contributed by atoms with van der Waals surface area (Å²) in [5.74, 6) is 0.285. The summed E-state index contributed by atoms with van der Waals surface area (Å²) in [5, 5.41) is 2.47. The molecule has 2 N–H and O–H groups in total. The molecule has 1 aromatic heterocycles. The third-order valence-electron chi connectivity index (χ3n) is 2.69. The van der Waals surface area contributed by atoms with Crippen LogP contribution in [0.3, 0.4) is 0 Å². The van der Waals surface area contributed by atoms with Crippen molar-refractivity contribution in [3.05, 3.63) is 16.4 Å². The number of sulfone groups is 1. The number of amides is 1. The predicted molar refractivity (Wildman–Crippen MR) is 78.4 cm³/mol. The van der Waals surface area contributed by atoms with Gasteiger partial charge < -0.3 is 9.72 Å². The number of nitrogens with zero attached hydrogens (tertiary/aromatic N) is 1. The van der Waals surface area contributed by atoms with Crippen LogP contribution >= 0.6 is 11.8 Å². The number of carbonyl (C=O) groups is 1. The van der Waals surface area contributed by atoms with E-state index in [1.54, 1.807) is 6.92 Å². The summed E-state index contributed by atoms with van der Waals surface area (Å²) in [5.41, 5.74) is -0.430. The van der Waals surface area contributed by atoms with Gasteiger partial charge in [0.15, 0.2) is 15.0 Å². The van der Waals surface area contributed by atoms with Crippen LogP contribution in [0.15, 0.2) is 16.0 Å². The van der Waals surface area contributed by atoms with Crippen LogP contribution in [0.2, 0.25) is 0 Å². The number of aromatic nitrogens is 2. The Bertz CT molecular complexity index is 685. The molecule has 21 heavy (non-hydrogen) atoms. The fourth-order valence-corrected chi connectivity index (χ4v) is 5.29. The molecule has 8 nitrogen and oxygen atoms in total. The van der Waals surface area contributed by atoms with Crippen molar-refractivity contribution >= 4 is 33.5 Å². The molecule has 2 rings (SSSR count). The summed E-state index contributed by atoms with van der Waals surface area (Å²) in [6, 6.07) is 1.13. The molecule has 0 aromatic carbocycles. The van der Waals surface area contributed by atoms with Gasteiger partial charge in [-0.05, 0) is 13.3 Å². The first-order valence-corrected chi connectivity index (χ1v) is 9.00. The fraction of sp³-hybridized carbons (Fsp3) is 0.545. The minimum atomic E-state index is -2.99. The molecule has 0 saturated carbocycles. The molecule has 1 atom stereocenters. The monoisotopic (exact) mass is 333 g/mol. The fourth-order valence-electron chi connectivity index (χ4n) is 1.84. The maximum absolute atomic E-state index is 11.5. The van der Waals surface area contributed by atoms with Crippen molar-refractivity contribution in [2.24, 2.45) is 0 Å². The SMILES string of the molecule is CCOC(=O)Nc1cc(=O)[nH]c(S[C@@H]2CCS(=O)(=O)C2)n1. The number of anilines is 1. The number of rotatable bonds is 4. The quantitative estimate of drug-likeness (QED) is 0.775. The van der Waals surface area contributed by atoms with E-state index in [-0.39, 0.29) is 34.3 Å². The van der Waals surface area contributed by atoms with Crippen LogP contribution in [-0.4, -0.2) is 47.8 Å². The second-order valence-electron chi connectivity index (χ2n) is 4.42. The van der Waals surface area contributed by atoms with E-state index in [0.29, 0.717) is 6.42 Å². The van der Waals surface area contributed by atoms with Crippen molar-refractivity contribution in [3.63, 3.8) is 0 Å². The highest BCUT2D eigenvalue weighted by molar-refractivity contribution is 8.01. The molecule has 10 heteroatoms. The smallest absolute Gasteiger partial charge is 0.412 e. The normalized spacial score (nSPS) is 20.1. The van der Waals surface area contributed by atoms with E-state index in [0.717, 1.165) is 6.07 Å². The first-order chi connectivity index (χ1) is 9.88. The molecule has 1 saturated heterocycles. The topological polar surface area (TPSA) is 118 Å². The van der Waals surface area contributed by atoms with Gasteiger partial charge in [0.1, 0.15) is 5.82 Å². The second-order valence-corrected chi connectivity index (χ2v) is 7.94. The standard InChI is InChI=1S/C11H15N3O5S2/c1-2-19-11(16)13-8-5-9(15)14-10(12-8)20-7-3-4-21(17,18)6-7/h5,7H,2-4,6H2,1H3,(H2,12,13,14,15,16)/t7-/m1/s1. The maximum Gasteiger partial charge on any atom is 0.412 e. The van der Waals surface area contributed by atoms with E-state index < -0.39 is 21.5 Å². The van der Waals surface area contributed by atoms with Crippen molar-refractivity contribution in [3.8, 4) is 0 Å². The minimum Gasteiger partial charge on any atom is -0.450 e. The third kappa shape index (κ3) is 4.74. The van der Waals surface area contributed by atoms with Crippen LogP contribution in [0.5, 0.6) is 0 Å². The molecule has 1 aromatic rings. The minimum absolute atomic E-state index is 0.0664. The lowest BCUT2D eigenvalue weighted by Gasteiger charge is -2.08. The lowest BCUT2D eigenvalue weighted by Crippen LogP contribution is -2.18. The zero-order chi connectivity index (χ0) is 15.5. The lowest BCUT2D eigenvalue weighted by molar-refractivity contribution is 0.168. The van der Waals surface area contributed by atoms with Gasteiger partial charge in [-0.15, -0.1) is 0 Å². The lowest BCUT2D eigenvalue weighted by atomic mass is 10.4. The average molecular weight is 333 g/mol. The van der Waals surface area contributed by atoms with E-state index in [1.807, 2.05) is 0 Å². The summed E-state index contributed by atoms with van der Waals surface area (Å²) in [6.07, 6.45) is -0.179. The van der Waals surface area contributed by atoms with Crippen LogP contribution in [0.4, 0.5) is 10.6 Å². The Labute approximate surface area is 125 Å². The summed E-state index contributed by atoms with van der Waals surface area (Å²) < 4.78 is 27.5. The summed E-state index contributed by atoms with van der Waals surface area (Å²) >= 11 is 1.18. The molecule has 1 aliphatic rings. The van der Waals surface area contributed by atoms with Crippen molar-refractivity contribution in [2.75, 3.05) is 23.4 Å². The highest BCUT2D eigenvalue weighted by Crippen LogP contribution is 2.28. The van der Waals surface area contributed by atoms with Crippen LogP contribution in [0.25, 0.3) is 0 Å². The second kappa shape index (κ2) is 6.48. The van der Waals surface area contributed by atoms with Gasteiger partial charge in [-0.1, -0.05) is 11.8 Å². The zero-order valence-electron chi connectivity index (χ0n) is 11.3. The Morgan fingerprint density at radius 2 is 2.38 bits per heavy atom. The zero-order valence-corrected chi connectivity index (χ0v) is 12.9. The van der Waals surface area contributed by atoms with Gasteiger partial charge in [0, 0.05) is 11.3 Å². The Morgan fingerprint density at radius 3 is 3.00 bits per heavy atom. The summed E-state index contributed by atoms with van der Waals surface area (Å²) in [6.45, 7) is 1.86. The highest BCUT2D eigenvalue weighted by Gasteiger charge is 2.29. The first kappa shape index (κ1) is 15.8. The van der Waals surface area contributed by atoms with Crippen molar-refractivity contribution < 1.29 is 17.9 Å². The molecule has 1 amide bonds. The van der Waals surface area contributed by atoms with Crippen LogP contribution in [0, 0.1) is 0 Å². The molecule has 1 aliphatic heterocycles. The van der Waals surface area contributed by atoms with Crippen molar-refractivity contribution in [1.29, 1.82) is 0 Å². The number of aromatic amines is 1. The first-order valence-electron chi connectivity index (χ1n) is 6.30. The van der Waals surface area contributed by atoms with Crippen molar-refractivity contribution in [2.45, 2.75) is 23.8 Å². The predicted octanol–water partition coefficient (Wildman–Crippen LogP) is 0.617. The van der Waals surface area contributed by atoms with Crippen molar-refractivity contribution in [1.82, 2.24) is 9.97 Å².